The molecule has 254 valence electrons. The van der Waals surface area contributed by atoms with E-state index in [-0.39, 0.29) is 0 Å². The third-order valence-corrected chi connectivity index (χ3v) is 7.07. The zero-order valence-electron chi connectivity index (χ0n) is 21.7. The highest BCUT2D eigenvalue weighted by molar-refractivity contribution is 5.75. The highest BCUT2D eigenvalue weighted by Crippen LogP contribution is 2.65. The minimum Gasteiger partial charge on any atom is -0.423 e. The molecule has 1 aromatic carbocycles. The molecule has 1 fully saturated rings. The number of alkyl halides is 17. The van der Waals surface area contributed by atoms with E-state index in [9.17, 15) is 83.8 Å². The average Bonchev–Trinajstić information content (AvgIpc) is 2.89. The molecule has 0 radical (unpaired) electrons. The van der Waals surface area contributed by atoms with Crippen molar-refractivity contribution < 1.29 is 88.6 Å². The van der Waals surface area contributed by atoms with Crippen molar-refractivity contribution in [3.63, 3.8) is 0 Å². The van der Waals surface area contributed by atoms with Gasteiger partial charge in [0.2, 0.25) is 0 Å². The third-order valence-electron chi connectivity index (χ3n) is 7.07. The number of hydrogen-bond donors (Lipinski definition) is 0. The zero-order valence-corrected chi connectivity index (χ0v) is 21.7. The fourth-order valence-electron chi connectivity index (χ4n) is 4.39. The number of rotatable bonds is 11. The highest BCUT2D eigenvalue weighted by Gasteiger charge is 2.95. The molecule has 0 amide bonds. The van der Waals surface area contributed by atoms with E-state index in [0.29, 0.717) is 18.4 Å². The lowest BCUT2D eigenvalue weighted by molar-refractivity contribution is -0.463. The summed E-state index contributed by atoms with van der Waals surface area (Å²) in [5.41, 5.74) is 0.492. The molecule has 0 saturated heterocycles. The van der Waals surface area contributed by atoms with E-state index in [2.05, 4.69) is 0 Å². The van der Waals surface area contributed by atoms with Gasteiger partial charge in [-0.25, -0.2) is 4.39 Å². The molecule has 0 aliphatic heterocycles. The summed E-state index contributed by atoms with van der Waals surface area (Å²) in [6.45, 7) is 1.77. The minimum absolute atomic E-state index is 0.430. The highest BCUT2D eigenvalue weighted by atomic mass is 19.4. The Labute approximate surface area is 235 Å². The van der Waals surface area contributed by atoms with Gasteiger partial charge in [0.05, 0.1) is 5.92 Å². The van der Waals surface area contributed by atoms with Crippen molar-refractivity contribution >= 4 is 5.97 Å². The Hall–Kier alpha value is -2.57. The van der Waals surface area contributed by atoms with Gasteiger partial charge in [0.15, 0.2) is 11.6 Å². The lowest BCUT2D eigenvalue weighted by Gasteiger charge is -2.44. The summed E-state index contributed by atoms with van der Waals surface area (Å²) >= 11 is 0. The van der Waals surface area contributed by atoms with E-state index in [1.54, 1.807) is 6.92 Å². The Kier molecular flexibility index (Phi) is 9.97. The first-order chi connectivity index (χ1) is 19.6. The second-order valence-electron chi connectivity index (χ2n) is 10.1. The molecule has 0 N–H and O–H groups in total. The molecule has 2 rings (SSSR count). The van der Waals surface area contributed by atoms with Crippen LogP contribution >= 0.6 is 0 Å². The second-order valence-corrected chi connectivity index (χ2v) is 10.1. The first-order valence-corrected chi connectivity index (χ1v) is 12.3. The van der Waals surface area contributed by atoms with Gasteiger partial charge in [-0.1, -0.05) is 19.4 Å². The number of ether oxygens (including phenoxy) is 1. The maximum atomic E-state index is 14.6. The largest absolute Gasteiger partial charge is 0.460 e. The Bertz CT molecular complexity index is 1180. The van der Waals surface area contributed by atoms with Crippen molar-refractivity contribution in [2.24, 2.45) is 11.8 Å². The molecule has 0 spiro atoms. The molecule has 2 nitrogen and oxygen atoms in total. The number of esters is 1. The van der Waals surface area contributed by atoms with Crippen LogP contribution in [-0.2, 0) is 11.2 Å². The predicted molar refractivity (Wildman–Crippen MR) is 112 cm³/mol. The molecule has 0 aromatic heterocycles. The fraction of sp³-hybridized carbons (Fsp3) is 0.708. The smallest absolute Gasteiger partial charge is 0.423 e. The number of benzene rings is 1. The van der Waals surface area contributed by atoms with Crippen LogP contribution in [0.4, 0.5) is 79.0 Å². The monoisotopic (exact) mass is 682 g/mol. The molecule has 1 aromatic rings. The molecule has 1 aliphatic rings. The maximum Gasteiger partial charge on any atom is 0.460 e. The van der Waals surface area contributed by atoms with Gasteiger partial charge in [0, 0.05) is 5.92 Å². The molecular formula is C24H20F18O2. The average molecular weight is 682 g/mol. The maximum absolute atomic E-state index is 14.6. The van der Waals surface area contributed by atoms with Crippen LogP contribution in [0.1, 0.15) is 44.6 Å². The Morgan fingerprint density at radius 1 is 0.682 bits per heavy atom. The first kappa shape index (κ1) is 37.6. The van der Waals surface area contributed by atoms with Crippen molar-refractivity contribution in [1.29, 1.82) is 0 Å². The van der Waals surface area contributed by atoms with Gasteiger partial charge in [0.25, 0.3) is 0 Å². The van der Waals surface area contributed by atoms with Crippen molar-refractivity contribution in [3.8, 4) is 5.75 Å². The van der Waals surface area contributed by atoms with Crippen molar-refractivity contribution in [3.05, 3.63) is 29.6 Å². The summed E-state index contributed by atoms with van der Waals surface area (Å²) in [6.07, 6.45) is -11.5. The number of carbonyl (C=O) groups excluding carboxylic acids is 1. The van der Waals surface area contributed by atoms with E-state index in [4.69, 9.17) is 4.74 Å². The van der Waals surface area contributed by atoms with Crippen LogP contribution in [0.2, 0.25) is 0 Å². The number of hydrogen-bond acceptors (Lipinski definition) is 2. The summed E-state index contributed by atoms with van der Waals surface area (Å²) in [6, 6.07) is 3.37. The fourth-order valence-corrected chi connectivity index (χ4v) is 4.39. The van der Waals surface area contributed by atoms with Gasteiger partial charge in [-0.15, -0.1) is 0 Å². The van der Waals surface area contributed by atoms with E-state index in [1.165, 1.54) is 6.07 Å². The van der Waals surface area contributed by atoms with Crippen LogP contribution in [0, 0.1) is 17.7 Å². The van der Waals surface area contributed by atoms with Gasteiger partial charge >= 0.3 is 53.6 Å². The van der Waals surface area contributed by atoms with Gasteiger partial charge < -0.3 is 4.74 Å². The molecule has 1 saturated carbocycles. The first-order valence-electron chi connectivity index (χ1n) is 12.3. The lowest BCUT2D eigenvalue weighted by Crippen LogP contribution is -2.75. The SMILES string of the molecule is CCCc1ccc(OC(=O)C2CCC(C(F)(F)C(F)(F)C(F)(F)C(F)(F)C(F)(F)C(F)(F)C(F)(F)C(F)(F)F)CC2)c(F)c1. The van der Waals surface area contributed by atoms with Crippen LogP contribution < -0.4 is 4.74 Å². The molecule has 0 unspecified atom stereocenters. The quantitative estimate of drug-likeness (QED) is 0.132. The van der Waals surface area contributed by atoms with Crippen LogP contribution in [0.3, 0.4) is 0 Å². The standard InChI is InChI=1S/C24H20F18O2/c1-2-3-11-4-9-15(14(25)10-11)44-16(43)12-5-7-13(8-6-12)17(26,27)18(28,29)19(30,31)20(32,33)21(34,35)22(36,37)23(38,39)24(40,41)42/h4,9-10,12-13H,2-3,5-8H2,1H3. The van der Waals surface area contributed by atoms with Gasteiger partial charge in [-0.2, -0.15) is 74.6 Å². The second kappa shape index (κ2) is 11.7. The molecule has 0 bridgehead atoms. The summed E-state index contributed by atoms with van der Waals surface area (Å²) in [5.74, 6) is -64.4. The van der Waals surface area contributed by atoms with Crippen LogP contribution in [0.25, 0.3) is 0 Å². The van der Waals surface area contributed by atoms with Gasteiger partial charge in [-0.3, -0.25) is 4.79 Å². The van der Waals surface area contributed by atoms with E-state index < -0.39 is 103 Å². The van der Waals surface area contributed by atoms with Crippen LogP contribution in [-0.4, -0.2) is 53.6 Å². The Morgan fingerprint density at radius 3 is 1.52 bits per heavy atom. The predicted octanol–water partition coefficient (Wildman–Crippen LogP) is 9.50. The summed E-state index contributed by atoms with van der Waals surface area (Å²) in [7, 11) is 0. The Balaban J connectivity index is 2.29. The Morgan fingerprint density at radius 2 is 1.11 bits per heavy atom. The van der Waals surface area contributed by atoms with Crippen molar-refractivity contribution in [2.45, 2.75) is 93.1 Å². The number of halogens is 18. The zero-order chi connectivity index (χ0) is 34.5. The third kappa shape index (κ3) is 5.77. The summed E-state index contributed by atoms with van der Waals surface area (Å²) < 4.78 is 249. The van der Waals surface area contributed by atoms with E-state index >= 15 is 0 Å². The van der Waals surface area contributed by atoms with Crippen LogP contribution in [0.5, 0.6) is 5.75 Å². The molecule has 0 heterocycles. The van der Waals surface area contributed by atoms with Crippen molar-refractivity contribution in [2.75, 3.05) is 0 Å². The van der Waals surface area contributed by atoms with E-state index in [0.717, 1.165) is 12.1 Å². The molecule has 44 heavy (non-hydrogen) atoms. The van der Waals surface area contributed by atoms with Gasteiger partial charge in [-0.05, 0) is 49.8 Å². The number of aryl methyl sites for hydroxylation is 1. The topological polar surface area (TPSA) is 26.3 Å². The molecule has 1 aliphatic carbocycles. The lowest BCUT2D eigenvalue weighted by atomic mass is 9.75. The minimum atomic E-state index is -8.69. The summed E-state index contributed by atoms with van der Waals surface area (Å²) in [5, 5.41) is 0. The molecule has 0 atom stereocenters. The molecular weight excluding hydrogens is 662 g/mol. The van der Waals surface area contributed by atoms with Crippen molar-refractivity contribution in [1.82, 2.24) is 0 Å². The molecule has 20 heteroatoms. The number of carbonyl (C=O) groups is 1. The van der Waals surface area contributed by atoms with E-state index in [1.807, 2.05) is 0 Å². The normalized spacial score (nSPS) is 20.1. The van der Waals surface area contributed by atoms with Gasteiger partial charge in [0.1, 0.15) is 0 Å². The summed E-state index contributed by atoms with van der Waals surface area (Å²) in [4.78, 5) is 12.3. The van der Waals surface area contributed by atoms with Crippen LogP contribution in [0.15, 0.2) is 18.2 Å².